The van der Waals surface area contributed by atoms with Crippen molar-refractivity contribution in [3.05, 3.63) is 34.9 Å². The predicted octanol–water partition coefficient (Wildman–Crippen LogP) is 2.90. The van der Waals surface area contributed by atoms with Crippen molar-refractivity contribution in [2.75, 3.05) is 27.2 Å². The Kier molecular flexibility index (Phi) is 2.35. The van der Waals surface area contributed by atoms with Crippen LogP contribution in [0.4, 0.5) is 0 Å². The van der Waals surface area contributed by atoms with Gasteiger partial charge in [-0.2, -0.15) is 0 Å². The molecule has 4 aliphatic rings. The van der Waals surface area contributed by atoms with E-state index in [1.807, 2.05) is 0 Å². The molecule has 1 atom stereocenters. The van der Waals surface area contributed by atoms with Gasteiger partial charge in [0.2, 0.25) is 13.6 Å². The molecule has 0 saturated heterocycles. The minimum Gasteiger partial charge on any atom is -0.454 e. The third kappa shape index (κ3) is 1.53. The summed E-state index contributed by atoms with van der Waals surface area (Å²) in [5, 5.41) is 0. The maximum absolute atomic E-state index is 5.87. The molecule has 0 aromatic heterocycles. The zero-order valence-corrected chi connectivity index (χ0v) is 13.4. The van der Waals surface area contributed by atoms with Gasteiger partial charge in [-0.25, -0.2) is 0 Å². The maximum Gasteiger partial charge on any atom is 0.231 e. The lowest BCUT2D eigenvalue weighted by Gasteiger charge is -2.40. The zero-order chi connectivity index (χ0) is 15.8. The number of hydrogen-bond donors (Lipinski definition) is 0. The Morgan fingerprint density at radius 2 is 1.67 bits per heavy atom. The van der Waals surface area contributed by atoms with Crippen LogP contribution in [-0.4, -0.2) is 32.1 Å². The molecule has 0 spiro atoms. The van der Waals surface area contributed by atoms with Crippen molar-refractivity contribution < 1.29 is 18.9 Å². The number of nitrogens with zero attached hydrogens (tertiary/aromatic N) is 1. The molecule has 122 valence electrons. The molecule has 3 aliphatic heterocycles. The van der Waals surface area contributed by atoms with Gasteiger partial charge in [-0.3, -0.25) is 4.90 Å². The molecule has 0 fully saturated rings. The van der Waals surface area contributed by atoms with Gasteiger partial charge >= 0.3 is 0 Å². The molecule has 0 radical (unpaired) electrons. The standard InChI is InChI=1S/C19H17NO4/c1-20-3-2-10-5-16-19(24-9-23-16)18-12-7-15-14(21-8-22-15)6-11(12)4-13(20)17(10)18/h5-7,13H,2-4,8-9H2,1H3/t13-/m0/s1. The quantitative estimate of drug-likeness (QED) is 0.745. The maximum atomic E-state index is 5.87. The van der Waals surface area contributed by atoms with E-state index >= 15 is 0 Å². The lowest BCUT2D eigenvalue weighted by atomic mass is 9.76. The molecule has 24 heavy (non-hydrogen) atoms. The fourth-order valence-corrected chi connectivity index (χ4v) is 4.49. The van der Waals surface area contributed by atoms with Crippen LogP contribution in [0.25, 0.3) is 11.1 Å². The summed E-state index contributed by atoms with van der Waals surface area (Å²) in [6, 6.07) is 6.81. The lowest BCUT2D eigenvalue weighted by Crippen LogP contribution is -2.35. The zero-order valence-electron chi connectivity index (χ0n) is 13.4. The summed E-state index contributed by atoms with van der Waals surface area (Å²) in [6.07, 6.45) is 2.04. The number of ether oxygens (including phenoxy) is 4. The highest BCUT2D eigenvalue weighted by Crippen LogP contribution is 2.55. The van der Waals surface area contributed by atoms with Crippen LogP contribution in [0.5, 0.6) is 23.0 Å². The molecule has 2 aromatic carbocycles. The van der Waals surface area contributed by atoms with Crippen molar-refractivity contribution in [3.8, 4) is 34.1 Å². The fourth-order valence-electron chi connectivity index (χ4n) is 4.49. The molecule has 0 amide bonds. The van der Waals surface area contributed by atoms with E-state index in [1.165, 1.54) is 27.8 Å². The second-order valence-electron chi connectivity index (χ2n) is 6.87. The molecule has 6 rings (SSSR count). The highest BCUT2D eigenvalue weighted by atomic mass is 16.7. The highest BCUT2D eigenvalue weighted by Gasteiger charge is 2.38. The lowest BCUT2D eigenvalue weighted by molar-refractivity contribution is 0.174. The molecule has 5 heteroatoms. The average Bonchev–Trinajstić information content (AvgIpc) is 3.23. The largest absolute Gasteiger partial charge is 0.454 e. The van der Waals surface area contributed by atoms with Crippen molar-refractivity contribution in [3.63, 3.8) is 0 Å². The van der Waals surface area contributed by atoms with Gasteiger partial charge in [0.05, 0.1) is 0 Å². The topological polar surface area (TPSA) is 40.2 Å². The summed E-state index contributed by atoms with van der Waals surface area (Å²) in [5.41, 5.74) is 6.47. The van der Waals surface area contributed by atoms with Crippen molar-refractivity contribution in [2.45, 2.75) is 18.9 Å². The number of benzene rings is 2. The highest BCUT2D eigenvalue weighted by molar-refractivity contribution is 5.85. The van der Waals surface area contributed by atoms with Crippen LogP contribution < -0.4 is 18.9 Å². The predicted molar refractivity (Wildman–Crippen MR) is 86.9 cm³/mol. The molecular formula is C19H17NO4. The van der Waals surface area contributed by atoms with Crippen molar-refractivity contribution >= 4 is 0 Å². The minimum atomic E-state index is 0.297. The fraction of sp³-hybridized carbons (Fsp3) is 0.368. The summed E-state index contributed by atoms with van der Waals surface area (Å²) in [5.74, 6) is 3.42. The van der Waals surface area contributed by atoms with E-state index in [-0.39, 0.29) is 0 Å². The summed E-state index contributed by atoms with van der Waals surface area (Å²) in [6.45, 7) is 1.66. The SMILES string of the molecule is CN1CCc2cc3c(c4c2[C@@H]1Cc1cc2c(cc1-4)OCO2)OCO3. The molecular weight excluding hydrogens is 306 g/mol. The number of rotatable bonds is 0. The van der Waals surface area contributed by atoms with Crippen LogP contribution in [0.1, 0.15) is 22.7 Å². The molecule has 0 bridgehead atoms. The molecule has 0 unspecified atom stereocenters. The molecule has 1 aliphatic carbocycles. The first-order chi connectivity index (χ1) is 11.8. The molecule has 3 heterocycles. The van der Waals surface area contributed by atoms with Crippen molar-refractivity contribution in [2.24, 2.45) is 0 Å². The number of fused-ring (bicyclic) bond motifs is 5. The molecule has 2 aromatic rings. The molecule has 0 saturated carbocycles. The van der Waals surface area contributed by atoms with Crippen LogP contribution in [0, 0.1) is 0 Å². The van der Waals surface area contributed by atoms with Crippen LogP contribution in [0.3, 0.4) is 0 Å². The number of likely N-dealkylation sites (N-methyl/N-ethyl adjacent to an activating group) is 1. The van der Waals surface area contributed by atoms with Crippen molar-refractivity contribution in [1.82, 2.24) is 4.90 Å². The van der Waals surface area contributed by atoms with Gasteiger partial charge in [0, 0.05) is 18.2 Å². The van der Waals surface area contributed by atoms with E-state index < -0.39 is 0 Å². The van der Waals surface area contributed by atoms with Crippen LogP contribution in [0.15, 0.2) is 18.2 Å². The van der Waals surface area contributed by atoms with Crippen LogP contribution >= 0.6 is 0 Å². The van der Waals surface area contributed by atoms with Gasteiger partial charge in [0.25, 0.3) is 0 Å². The van der Waals surface area contributed by atoms with E-state index in [0.29, 0.717) is 19.6 Å². The van der Waals surface area contributed by atoms with E-state index in [4.69, 9.17) is 18.9 Å². The second kappa shape index (κ2) is 4.36. The minimum absolute atomic E-state index is 0.297. The second-order valence-corrected chi connectivity index (χ2v) is 6.87. The van der Waals surface area contributed by atoms with E-state index in [1.54, 1.807) is 0 Å². The van der Waals surface area contributed by atoms with Crippen LogP contribution in [0.2, 0.25) is 0 Å². The summed E-state index contributed by atoms with van der Waals surface area (Å²) < 4.78 is 22.8. The van der Waals surface area contributed by atoms with Gasteiger partial charge < -0.3 is 18.9 Å². The summed E-state index contributed by atoms with van der Waals surface area (Å²) >= 11 is 0. The Bertz CT molecular complexity index is 892. The molecule has 5 nitrogen and oxygen atoms in total. The number of hydrogen-bond acceptors (Lipinski definition) is 5. The van der Waals surface area contributed by atoms with Gasteiger partial charge in [0.15, 0.2) is 23.0 Å². The first-order valence-corrected chi connectivity index (χ1v) is 8.38. The first kappa shape index (κ1) is 13.0. The summed E-state index contributed by atoms with van der Waals surface area (Å²) in [7, 11) is 2.21. The third-order valence-corrected chi connectivity index (χ3v) is 5.67. The molecule has 0 N–H and O–H groups in total. The van der Waals surface area contributed by atoms with E-state index in [2.05, 4.69) is 30.1 Å². The van der Waals surface area contributed by atoms with E-state index in [9.17, 15) is 0 Å². The first-order valence-electron chi connectivity index (χ1n) is 8.38. The van der Waals surface area contributed by atoms with Gasteiger partial charge in [-0.1, -0.05) is 0 Å². The third-order valence-electron chi connectivity index (χ3n) is 5.67. The van der Waals surface area contributed by atoms with Crippen molar-refractivity contribution in [1.29, 1.82) is 0 Å². The van der Waals surface area contributed by atoms with Crippen LogP contribution in [-0.2, 0) is 12.8 Å². The van der Waals surface area contributed by atoms with Gasteiger partial charge in [0.1, 0.15) is 0 Å². The van der Waals surface area contributed by atoms with Gasteiger partial charge in [-0.15, -0.1) is 0 Å². The van der Waals surface area contributed by atoms with Gasteiger partial charge in [-0.05, 0) is 60.3 Å². The normalized spacial score (nSPS) is 22.3. The summed E-state index contributed by atoms with van der Waals surface area (Å²) in [4.78, 5) is 2.45. The average molecular weight is 323 g/mol. The van der Waals surface area contributed by atoms with E-state index in [0.717, 1.165) is 42.4 Å². The monoisotopic (exact) mass is 323 g/mol. The Morgan fingerprint density at radius 3 is 2.58 bits per heavy atom. The Morgan fingerprint density at radius 1 is 0.917 bits per heavy atom. The Labute approximate surface area is 139 Å². The smallest absolute Gasteiger partial charge is 0.231 e. The Hall–Kier alpha value is -2.40. The Balaban J connectivity index is 1.69.